The van der Waals surface area contributed by atoms with E-state index in [2.05, 4.69) is 33.5 Å². The van der Waals surface area contributed by atoms with Gasteiger partial charge >= 0.3 is 12.1 Å². The topological polar surface area (TPSA) is 115 Å². The molecule has 2 aromatic rings. The van der Waals surface area contributed by atoms with Crippen LogP contribution in [0.5, 0.6) is 0 Å². The number of piperazine rings is 1. The lowest BCUT2D eigenvalue weighted by Gasteiger charge is -2.45. The number of anilines is 2. The summed E-state index contributed by atoms with van der Waals surface area (Å²) >= 11 is 7.97. The number of piperidine rings is 2. The number of nitrogens with one attached hydrogen (secondary N) is 1. The van der Waals surface area contributed by atoms with Crippen molar-refractivity contribution < 1.29 is 19.1 Å². The number of likely N-dealkylation sites (tertiary alicyclic amines) is 1. The van der Waals surface area contributed by atoms with E-state index < -0.39 is 12.2 Å². The Bertz CT molecular complexity index is 1580. The number of carbonyl (C=O) groups is 3. The Labute approximate surface area is 291 Å². The van der Waals surface area contributed by atoms with Crippen LogP contribution in [0.2, 0.25) is 5.02 Å². The predicted molar refractivity (Wildman–Crippen MR) is 187 cm³/mol. The summed E-state index contributed by atoms with van der Waals surface area (Å²) in [6.45, 7) is 4.20. The summed E-state index contributed by atoms with van der Waals surface area (Å²) in [6.07, 6.45) is 10.4. The quantitative estimate of drug-likeness (QED) is 0.343. The van der Waals surface area contributed by atoms with Crippen molar-refractivity contribution >= 4 is 52.3 Å². The summed E-state index contributed by atoms with van der Waals surface area (Å²) < 4.78 is 6.04. The number of nitrogens with zero attached hydrogens (tertiary/aromatic N) is 5. The second-order valence-corrected chi connectivity index (χ2v) is 15.0. The molecule has 48 heavy (non-hydrogen) atoms. The molecule has 2 bridgehead atoms. The summed E-state index contributed by atoms with van der Waals surface area (Å²) in [6, 6.07) is 5.19. The van der Waals surface area contributed by atoms with Gasteiger partial charge in [0.15, 0.2) is 6.10 Å². The van der Waals surface area contributed by atoms with E-state index >= 15 is 0 Å². The van der Waals surface area contributed by atoms with E-state index in [-0.39, 0.29) is 24.4 Å². The first-order valence-corrected chi connectivity index (χ1v) is 18.4. The molecule has 6 heterocycles. The van der Waals surface area contributed by atoms with E-state index in [0.29, 0.717) is 85.5 Å². The van der Waals surface area contributed by atoms with Crippen LogP contribution in [-0.4, -0.2) is 119 Å². The van der Waals surface area contributed by atoms with E-state index in [1.54, 1.807) is 28.4 Å². The Morgan fingerprint density at radius 1 is 1.02 bits per heavy atom. The zero-order valence-corrected chi connectivity index (χ0v) is 29.0. The van der Waals surface area contributed by atoms with Crippen molar-refractivity contribution in [3.63, 3.8) is 0 Å². The number of amides is 4. The third-order valence-electron chi connectivity index (χ3n) is 11.2. The van der Waals surface area contributed by atoms with Gasteiger partial charge in [0.2, 0.25) is 0 Å². The van der Waals surface area contributed by atoms with Crippen molar-refractivity contribution in [1.29, 1.82) is 0 Å². The molecule has 1 aromatic heterocycles. The monoisotopic (exact) mass is 693 g/mol. The Balaban J connectivity index is 1.00. The van der Waals surface area contributed by atoms with Crippen LogP contribution in [0.4, 0.5) is 21.0 Å². The number of hydrogen-bond acceptors (Lipinski definition) is 8. The number of terminal acetylenes is 1. The molecule has 5 aliphatic heterocycles. The number of thiophene rings is 1. The fourth-order valence-electron chi connectivity index (χ4n) is 8.35. The highest BCUT2D eigenvalue weighted by Crippen LogP contribution is 2.37. The molecule has 1 aromatic carbocycles. The van der Waals surface area contributed by atoms with Gasteiger partial charge in [0.1, 0.15) is 0 Å². The lowest BCUT2D eigenvalue weighted by Crippen LogP contribution is -2.57. The highest BCUT2D eigenvalue weighted by atomic mass is 35.5. The number of rotatable bonds is 6. The van der Waals surface area contributed by atoms with Gasteiger partial charge in [-0.1, -0.05) is 17.5 Å². The Morgan fingerprint density at radius 3 is 2.42 bits per heavy atom. The molecule has 0 spiro atoms. The number of fused-ring (bicyclic) bond motifs is 3. The van der Waals surface area contributed by atoms with Crippen LogP contribution >= 0.6 is 22.9 Å². The SMILES string of the molecule is C#Cc1cc(C[C@@H](OC(=O)N2CCC(N3Cc4cscc4NC3=O)CC2)C(=O)N2CCN(C3CC4CCC(C3)N4C)CC2)cc(Cl)c1N. The molecular formula is C35H44ClN7O4S. The molecule has 4 amide bonds. The Kier molecular flexibility index (Phi) is 9.48. The minimum absolute atomic E-state index is 0.00897. The zero-order valence-electron chi connectivity index (χ0n) is 27.4. The largest absolute Gasteiger partial charge is 0.436 e. The van der Waals surface area contributed by atoms with Gasteiger partial charge in [-0.25, -0.2) is 9.59 Å². The van der Waals surface area contributed by atoms with Crippen molar-refractivity contribution in [3.8, 4) is 12.3 Å². The second-order valence-electron chi connectivity index (χ2n) is 13.9. The highest BCUT2D eigenvalue weighted by Gasteiger charge is 2.42. The number of halogens is 1. The lowest BCUT2D eigenvalue weighted by atomic mass is 9.96. The van der Waals surface area contributed by atoms with Gasteiger partial charge in [-0.05, 0) is 68.6 Å². The first-order valence-electron chi connectivity index (χ1n) is 17.1. The van der Waals surface area contributed by atoms with Gasteiger partial charge in [0.05, 0.1) is 22.9 Å². The molecule has 11 nitrogen and oxygen atoms in total. The average molecular weight is 694 g/mol. The molecule has 4 saturated heterocycles. The van der Waals surface area contributed by atoms with E-state index in [0.717, 1.165) is 24.3 Å². The van der Waals surface area contributed by atoms with Crippen LogP contribution in [0.1, 0.15) is 55.2 Å². The van der Waals surface area contributed by atoms with E-state index in [1.165, 1.54) is 25.7 Å². The summed E-state index contributed by atoms with van der Waals surface area (Å²) in [5, 5.41) is 7.29. The van der Waals surface area contributed by atoms with Crippen molar-refractivity contribution in [2.24, 2.45) is 0 Å². The summed E-state index contributed by atoms with van der Waals surface area (Å²) in [5.74, 6) is 2.35. The van der Waals surface area contributed by atoms with Crippen molar-refractivity contribution in [3.05, 3.63) is 44.6 Å². The number of carbonyl (C=O) groups excluding carboxylic acids is 3. The summed E-state index contributed by atoms with van der Waals surface area (Å²) in [4.78, 5) is 50.9. The minimum atomic E-state index is -1.05. The Morgan fingerprint density at radius 2 is 1.73 bits per heavy atom. The molecule has 13 heteroatoms. The predicted octanol–water partition coefficient (Wildman–Crippen LogP) is 4.29. The number of nitrogen functional groups attached to an aromatic ring is 1. The smallest absolute Gasteiger partial charge is 0.410 e. The fraction of sp³-hybridized carbons (Fsp3) is 0.571. The average Bonchev–Trinajstić information content (AvgIpc) is 3.62. The summed E-state index contributed by atoms with van der Waals surface area (Å²) in [7, 11) is 2.26. The number of hydrogen-bond donors (Lipinski definition) is 2. The first-order chi connectivity index (χ1) is 23.2. The van der Waals surface area contributed by atoms with Crippen molar-refractivity contribution in [1.82, 2.24) is 24.5 Å². The second kappa shape index (κ2) is 13.8. The van der Waals surface area contributed by atoms with E-state index in [9.17, 15) is 14.4 Å². The maximum atomic E-state index is 14.1. The molecule has 0 radical (unpaired) electrons. The van der Waals surface area contributed by atoms with Gasteiger partial charge in [0.25, 0.3) is 5.91 Å². The number of urea groups is 1. The van der Waals surface area contributed by atoms with Crippen molar-refractivity contribution in [2.45, 2.75) is 81.8 Å². The van der Waals surface area contributed by atoms with Gasteiger partial charge in [0, 0.05) is 86.4 Å². The molecule has 256 valence electrons. The standard InChI is InChI=1S/C35H44ClN7O4S/c1-3-23-14-22(15-29(36)32(23)37)16-31(33(44)41-12-10-40(11-13-41)28-17-26-4-5-27(18-28)39(26)2)47-35(46)42-8-6-25(7-9-42)43-19-24-20-48-21-30(24)38-34(43)45/h1,14-15,20-21,25-28,31H,4-13,16-19,37H2,2H3,(H,38,45)/t26?,27?,28?,31-/m1/s1. The molecular weight excluding hydrogens is 650 g/mol. The van der Waals surface area contributed by atoms with Crippen LogP contribution < -0.4 is 11.1 Å². The molecule has 3 atom stereocenters. The fourth-order valence-corrected chi connectivity index (χ4v) is 9.37. The third kappa shape index (κ3) is 6.58. The normalized spacial score (nSPS) is 25.7. The molecule has 0 saturated carbocycles. The maximum absolute atomic E-state index is 14.1. The molecule has 5 aliphatic rings. The van der Waals surface area contributed by atoms with Crippen LogP contribution in [-0.2, 0) is 22.5 Å². The molecule has 0 aliphatic carbocycles. The number of benzene rings is 1. The maximum Gasteiger partial charge on any atom is 0.410 e. The van der Waals surface area contributed by atoms with Gasteiger partial charge < -0.3 is 35.4 Å². The summed E-state index contributed by atoms with van der Waals surface area (Å²) in [5.41, 5.74) is 9.48. The van der Waals surface area contributed by atoms with Crippen LogP contribution in [0, 0.1) is 12.3 Å². The highest BCUT2D eigenvalue weighted by molar-refractivity contribution is 7.08. The Hall–Kier alpha value is -3.50. The molecule has 3 N–H and O–H groups in total. The number of nitrogens with two attached hydrogens (primary N) is 1. The van der Waals surface area contributed by atoms with E-state index in [4.69, 9.17) is 28.5 Å². The van der Waals surface area contributed by atoms with Crippen LogP contribution in [0.25, 0.3) is 0 Å². The van der Waals surface area contributed by atoms with E-state index in [1.807, 2.05) is 15.2 Å². The van der Waals surface area contributed by atoms with Gasteiger partial charge in [-0.15, -0.1) is 17.8 Å². The first kappa shape index (κ1) is 33.0. The molecule has 4 fully saturated rings. The van der Waals surface area contributed by atoms with Gasteiger partial charge in [-0.2, -0.15) is 0 Å². The molecule has 7 rings (SSSR count). The minimum Gasteiger partial charge on any atom is -0.436 e. The lowest BCUT2D eigenvalue weighted by molar-refractivity contribution is -0.143. The van der Waals surface area contributed by atoms with Crippen molar-refractivity contribution in [2.75, 3.05) is 57.4 Å². The third-order valence-corrected chi connectivity index (χ3v) is 12.4. The number of ether oxygens (including phenoxy) is 1. The zero-order chi connectivity index (χ0) is 33.5. The van der Waals surface area contributed by atoms with Crippen LogP contribution in [0.3, 0.4) is 0 Å². The molecule has 2 unspecified atom stereocenters. The van der Waals surface area contributed by atoms with Gasteiger partial charge in [-0.3, -0.25) is 9.69 Å². The van der Waals surface area contributed by atoms with Crippen LogP contribution in [0.15, 0.2) is 22.9 Å².